The second-order valence-corrected chi connectivity index (χ2v) is 3.81. The van der Waals surface area contributed by atoms with Gasteiger partial charge in [-0.2, -0.15) is 0 Å². The molecule has 1 aliphatic rings. The largest absolute Gasteiger partial charge is 0.476 e. The number of methoxy groups -OCH3 is 1. The molecule has 0 aliphatic carbocycles. The lowest BCUT2D eigenvalue weighted by Gasteiger charge is -2.12. The van der Waals surface area contributed by atoms with Crippen molar-refractivity contribution >= 4 is 17.6 Å². The molecule has 0 spiro atoms. The second-order valence-electron chi connectivity index (χ2n) is 3.81. The standard InChI is InChI=1S/C12H13NO5/c1-16-11(14)7-2-3-8(13)10(6-7)18-9-4-5-17-12(9)15/h2-3,6,9H,4-5,13H2,1H3. The molecule has 0 radical (unpaired) electrons. The van der Waals surface area contributed by atoms with E-state index >= 15 is 0 Å². The van der Waals surface area contributed by atoms with Crippen LogP contribution in [-0.4, -0.2) is 31.8 Å². The van der Waals surface area contributed by atoms with E-state index in [1.165, 1.54) is 25.3 Å². The third kappa shape index (κ3) is 2.37. The first-order valence-corrected chi connectivity index (χ1v) is 5.43. The zero-order chi connectivity index (χ0) is 13.1. The van der Waals surface area contributed by atoms with Crippen LogP contribution < -0.4 is 10.5 Å². The van der Waals surface area contributed by atoms with Crippen molar-refractivity contribution in [1.82, 2.24) is 0 Å². The number of carbonyl (C=O) groups is 2. The number of hydrogen-bond donors (Lipinski definition) is 1. The van der Waals surface area contributed by atoms with E-state index in [1.807, 2.05) is 0 Å². The Morgan fingerprint density at radius 3 is 2.89 bits per heavy atom. The summed E-state index contributed by atoms with van der Waals surface area (Å²) in [5.41, 5.74) is 6.39. The van der Waals surface area contributed by atoms with Gasteiger partial charge in [-0.25, -0.2) is 9.59 Å². The molecule has 1 fully saturated rings. The van der Waals surface area contributed by atoms with E-state index in [0.717, 1.165) is 0 Å². The molecule has 0 aromatic heterocycles. The summed E-state index contributed by atoms with van der Waals surface area (Å²) >= 11 is 0. The van der Waals surface area contributed by atoms with E-state index in [1.54, 1.807) is 0 Å². The van der Waals surface area contributed by atoms with Crippen molar-refractivity contribution in [3.05, 3.63) is 23.8 Å². The number of anilines is 1. The molecule has 96 valence electrons. The van der Waals surface area contributed by atoms with Crippen molar-refractivity contribution in [1.29, 1.82) is 0 Å². The van der Waals surface area contributed by atoms with E-state index < -0.39 is 18.0 Å². The van der Waals surface area contributed by atoms with Crippen LogP contribution in [0.2, 0.25) is 0 Å². The molecule has 18 heavy (non-hydrogen) atoms. The van der Waals surface area contributed by atoms with Crippen LogP contribution >= 0.6 is 0 Å². The molecular formula is C12H13NO5. The fraction of sp³-hybridized carbons (Fsp3) is 0.333. The molecule has 0 bridgehead atoms. The molecule has 0 amide bonds. The lowest BCUT2D eigenvalue weighted by molar-refractivity contribution is -0.143. The average molecular weight is 251 g/mol. The topological polar surface area (TPSA) is 87.8 Å². The molecule has 1 aliphatic heterocycles. The van der Waals surface area contributed by atoms with Gasteiger partial charge in [0.1, 0.15) is 5.75 Å². The van der Waals surface area contributed by atoms with Crippen LogP contribution in [0.25, 0.3) is 0 Å². The predicted molar refractivity (Wildman–Crippen MR) is 62.2 cm³/mol. The van der Waals surface area contributed by atoms with Crippen molar-refractivity contribution in [3.8, 4) is 5.75 Å². The van der Waals surface area contributed by atoms with Crippen LogP contribution in [0, 0.1) is 0 Å². The van der Waals surface area contributed by atoms with Crippen LogP contribution in [0.4, 0.5) is 5.69 Å². The van der Waals surface area contributed by atoms with Gasteiger partial charge < -0.3 is 19.9 Å². The number of carbonyl (C=O) groups excluding carboxylic acids is 2. The summed E-state index contributed by atoms with van der Waals surface area (Å²) in [6, 6.07) is 4.51. The minimum atomic E-state index is -0.666. The number of benzene rings is 1. The molecule has 1 saturated heterocycles. The first kappa shape index (κ1) is 12.2. The normalized spacial score (nSPS) is 18.3. The number of hydrogen-bond acceptors (Lipinski definition) is 6. The van der Waals surface area contributed by atoms with Crippen LogP contribution in [0.1, 0.15) is 16.8 Å². The summed E-state index contributed by atoms with van der Waals surface area (Å²) in [6.07, 6.45) is -0.194. The minimum Gasteiger partial charge on any atom is -0.476 e. The number of ether oxygens (including phenoxy) is 3. The highest BCUT2D eigenvalue weighted by Crippen LogP contribution is 2.26. The number of nitrogen functional groups attached to an aromatic ring is 1. The van der Waals surface area contributed by atoms with Gasteiger partial charge in [-0.1, -0.05) is 0 Å². The number of esters is 2. The summed E-state index contributed by atoms with van der Waals surface area (Å²) in [5, 5.41) is 0. The fourth-order valence-corrected chi connectivity index (χ4v) is 1.62. The quantitative estimate of drug-likeness (QED) is 0.630. The van der Waals surface area contributed by atoms with Gasteiger partial charge in [0.2, 0.25) is 0 Å². The van der Waals surface area contributed by atoms with Crippen molar-refractivity contribution in [2.75, 3.05) is 19.5 Å². The number of nitrogens with two attached hydrogens (primary N) is 1. The van der Waals surface area contributed by atoms with Gasteiger partial charge in [0, 0.05) is 6.42 Å². The molecule has 1 aromatic carbocycles. The van der Waals surface area contributed by atoms with Gasteiger partial charge in [-0.15, -0.1) is 0 Å². The Morgan fingerprint density at radius 2 is 2.28 bits per heavy atom. The Bertz CT molecular complexity index is 485. The van der Waals surface area contributed by atoms with E-state index in [4.69, 9.17) is 15.2 Å². The molecule has 6 nitrogen and oxygen atoms in total. The third-order valence-corrected chi connectivity index (χ3v) is 2.59. The molecule has 1 atom stereocenters. The summed E-state index contributed by atoms with van der Waals surface area (Å²) in [6.45, 7) is 0.333. The SMILES string of the molecule is COC(=O)c1ccc(N)c(OC2CCOC2=O)c1. The summed E-state index contributed by atoms with van der Waals surface area (Å²) in [4.78, 5) is 22.7. The number of cyclic esters (lactones) is 1. The number of rotatable bonds is 3. The highest BCUT2D eigenvalue weighted by Gasteiger charge is 2.29. The third-order valence-electron chi connectivity index (χ3n) is 2.59. The highest BCUT2D eigenvalue weighted by molar-refractivity contribution is 5.90. The lowest BCUT2D eigenvalue weighted by atomic mass is 10.2. The van der Waals surface area contributed by atoms with Crippen LogP contribution in [0.3, 0.4) is 0 Å². The Morgan fingerprint density at radius 1 is 1.50 bits per heavy atom. The van der Waals surface area contributed by atoms with Gasteiger partial charge in [-0.3, -0.25) is 0 Å². The maximum absolute atomic E-state index is 11.4. The Hall–Kier alpha value is -2.24. The molecule has 6 heteroatoms. The van der Waals surface area contributed by atoms with Crippen molar-refractivity contribution in [2.24, 2.45) is 0 Å². The van der Waals surface area contributed by atoms with Gasteiger partial charge >= 0.3 is 11.9 Å². The van der Waals surface area contributed by atoms with E-state index in [0.29, 0.717) is 24.3 Å². The van der Waals surface area contributed by atoms with Crippen LogP contribution in [-0.2, 0) is 14.3 Å². The summed E-state index contributed by atoms with van der Waals surface area (Å²) < 4.78 is 14.8. The summed E-state index contributed by atoms with van der Waals surface area (Å²) in [5.74, 6) is -0.631. The highest BCUT2D eigenvalue weighted by atomic mass is 16.6. The van der Waals surface area contributed by atoms with Gasteiger partial charge in [0.05, 0.1) is 25.0 Å². The molecule has 1 aromatic rings. The van der Waals surface area contributed by atoms with Gasteiger partial charge in [0.25, 0.3) is 0 Å². The molecule has 1 heterocycles. The summed E-state index contributed by atoms with van der Waals surface area (Å²) in [7, 11) is 1.29. The predicted octanol–water partition coefficient (Wildman–Crippen LogP) is 0.750. The van der Waals surface area contributed by atoms with Crippen LogP contribution in [0.15, 0.2) is 18.2 Å². The second kappa shape index (κ2) is 4.95. The first-order valence-electron chi connectivity index (χ1n) is 5.43. The first-order chi connectivity index (χ1) is 8.61. The fourth-order valence-electron chi connectivity index (χ4n) is 1.62. The Labute approximate surface area is 104 Å². The lowest BCUT2D eigenvalue weighted by Crippen LogP contribution is -2.22. The van der Waals surface area contributed by atoms with Crippen LogP contribution in [0.5, 0.6) is 5.75 Å². The molecule has 2 rings (SSSR count). The zero-order valence-corrected chi connectivity index (χ0v) is 9.84. The molecule has 0 saturated carbocycles. The minimum absolute atomic E-state index is 0.279. The maximum atomic E-state index is 11.4. The molecular weight excluding hydrogens is 238 g/mol. The molecule has 2 N–H and O–H groups in total. The monoisotopic (exact) mass is 251 g/mol. The Kier molecular flexibility index (Phi) is 3.36. The van der Waals surface area contributed by atoms with E-state index in [9.17, 15) is 9.59 Å². The average Bonchev–Trinajstić information content (AvgIpc) is 2.77. The van der Waals surface area contributed by atoms with Gasteiger partial charge in [0.15, 0.2) is 6.10 Å². The van der Waals surface area contributed by atoms with Crippen molar-refractivity contribution in [3.63, 3.8) is 0 Å². The Balaban J connectivity index is 2.21. The molecule has 1 unspecified atom stereocenters. The van der Waals surface area contributed by atoms with Crippen molar-refractivity contribution < 1.29 is 23.8 Å². The smallest absolute Gasteiger partial charge is 0.347 e. The van der Waals surface area contributed by atoms with E-state index in [-0.39, 0.29) is 5.75 Å². The zero-order valence-electron chi connectivity index (χ0n) is 9.84. The maximum Gasteiger partial charge on any atom is 0.347 e. The van der Waals surface area contributed by atoms with E-state index in [2.05, 4.69) is 4.74 Å². The van der Waals surface area contributed by atoms with Crippen molar-refractivity contribution in [2.45, 2.75) is 12.5 Å². The van der Waals surface area contributed by atoms with Gasteiger partial charge in [-0.05, 0) is 18.2 Å².